The number of hydrogen-bond acceptors (Lipinski definition) is 4. The Bertz CT molecular complexity index is 713. The normalized spacial score (nSPS) is 19.8. The maximum absolute atomic E-state index is 12.5. The number of carbonyl (C=O) groups excluding carboxylic acids is 1. The number of nitrogens with zero attached hydrogens (tertiary/aromatic N) is 2. The van der Waals surface area contributed by atoms with Gasteiger partial charge in [0.2, 0.25) is 0 Å². The van der Waals surface area contributed by atoms with Crippen molar-refractivity contribution in [1.29, 1.82) is 0 Å². The second-order valence-corrected chi connectivity index (χ2v) is 6.90. The van der Waals surface area contributed by atoms with Crippen molar-refractivity contribution in [2.75, 3.05) is 13.2 Å². The molecule has 0 radical (unpaired) electrons. The fourth-order valence-corrected chi connectivity index (χ4v) is 4.28. The zero-order chi connectivity index (χ0) is 15.1. The first kappa shape index (κ1) is 14.0. The van der Waals surface area contributed by atoms with Crippen LogP contribution in [0, 0.1) is 0 Å². The maximum atomic E-state index is 12.5. The third kappa shape index (κ3) is 2.27. The quantitative estimate of drug-likeness (QED) is 0.944. The predicted octanol–water partition coefficient (Wildman–Crippen LogP) is 2.16. The molecule has 0 saturated carbocycles. The van der Waals surface area contributed by atoms with Gasteiger partial charge in [0, 0.05) is 36.2 Å². The maximum Gasteiger partial charge on any atom is 0.272 e. The van der Waals surface area contributed by atoms with Gasteiger partial charge < -0.3 is 10.1 Å². The molecule has 22 heavy (non-hydrogen) atoms. The smallest absolute Gasteiger partial charge is 0.272 e. The highest BCUT2D eigenvalue weighted by molar-refractivity contribution is 7.10. The van der Waals surface area contributed by atoms with Gasteiger partial charge in [-0.25, -0.2) is 0 Å². The first-order valence-corrected chi connectivity index (χ1v) is 8.64. The molecule has 2 aliphatic rings. The average Bonchev–Trinajstić information content (AvgIpc) is 3.24. The predicted molar refractivity (Wildman–Crippen MR) is 85.2 cm³/mol. The zero-order valence-corrected chi connectivity index (χ0v) is 13.4. The number of aryl methyl sites for hydroxylation is 2. The molecule has 2 aromatic rings. The largest absolute Gasteiger partial charge is 0.376 e. The van der Waals surface area contributed by atoms with Crippen molar-refractivity contribution in [1.82, 2.24) is 15.1 Å². The van der Waals surface area contributed by atoms with Crippen LogP contribution in [-0.4, -0.2) is 34.9 Å². The Labute approximate surface area is 133 Å². The van der Waals surface area contributed by atoms with Crippen LogP contribution >= 0.6 is 11.3 Å². The molecule has 3 heterocycles. The van der Waals surface area contributed by atoms with E-state index >= 15 is 0 Å². The number of nitrogens with one attached hydrogen (secondary N) is 1. The number of rotatable bonds is 3. The fraction of sp³-hybridized carbons (Fsp3) is 0.500. The third-order valence-corrected chi connectivity index (χ3v) is 5.46. The molecule has 4 rings (SSSR count). The summed E-state index contributed by atoms with van der Waals surface area (Å²) in [5, 5.41) is 9.58. The molecule has 1 N–H and O–H groups in total. The van der Waals surface area contributed by atoms with Crippen molar-refractivity contribution in [2.24, 2.45) is 7.05 Å². The number of amides is 1. The molecule has 0 bridgehead atoms. The molecular formula is C16H19N3O2S. The second-order valence-electron chi connectivity index (χ2n) is 5.90. The molecule has 1 aliphatic carbocycles. The summed E-state index contributed by atoms with van der Waals surface area (Å²) in [4.78, 5) is 13.9. The van der Waals surface area contributed by atoms with Crippen molar-refractivity contribution < 1.29 is 9.53 Å². The molecule has 0 spiro atoms. The molecule has 2 aromatic heterocycles. The van der Waals surface area contributed by atoms with E-state index in [0.29, 0.717) is 12.2 Å². The van der Waals surface area contributed by atoms with E-state index in [2.05, 4.69) is 21.9 Å². The van der Waals surface area contributed by atoms with Gasteiger partial charge in [0.25, 0.3) is 5.91 Å². The Balaban J connectivity index is 1.58. The van der Waals surface area contributed by atoms with Crippen LogP contribution in [0.15, 0.2) is 11.4 Å². The first-order chi connectivity index (χ1) is 10.7. The van der Waals surface area contributed by atoms with Crippen LogP contribution in [0.5, 0.6) is 0 Å². The van der Waals surface area contributed by atoms with Gasteiger partial charge in [0.15, 0.2) is 5.69 Å². The van der Waals surface area contributed by atoms with Gasteiger partial charge in [-0.2, -0.15) is 5.10 Å². The highest BCUT2D eigenvalue weighted by atomic mass is 32.1. The van der Waals surface area contributed by atoms with Crippen LogP contribution in [0.25, 0.3) is 11.3 Å². The van der Waals surface area contributed by atoms with Crippen molar-refractivity contribution in [3.05, 3.63) is 27.6 Å². The standard InChI is InChI=1S/C16H19N3O2S/c1-19-15-11-6-8-22-13(11)5-4-12(15)14(18-19)16(20)17-9-10-3-2-7-21-10/h6,8,10H,2-5,7,9H2,1H3,(H,17,20)/t10-/m1/s1. The van der Waals surface area contributed by atoms with Crippen LogP contribution in [0.3, 0.4) is 0 Å². The van der Waals surface area contributed by atoms with Crippen LogP contribution < -0.4 is 5.32 Å². The summed E-state index contributed by atoms with van der Waals surface area (Å²) in [5.41, 5.74) is 4.00. The highest BCUT2D eigenvalue weighted by Crippen LogP contribution is 2.37. The van der Waals surface area contributed by atoms with E-state index < -0.39 is 0 Å². The topological polar surface area (TPSA) is 56.2 Å². The second kappa shape index (κ2) is 5.52. The van der Waals surface area contributed by atoms with E-state index in [1.807, 2.05) is 11.7 Å². The van der Waals surface area contributed by atoms with Gasteiger partial charge in [-0.05, 0) is 37.1 Å². The van der Waals surface area contributed by atoms with Gasteiger partial charge in [-0.3, -0.25) is 9.48 Å². The summed E-state index contributed by atoms with van der Waals surface area (Å²) in [6.45, 7) is 1.38. The number of ether oxygens (including phenoxy) is 1. The number of hydrogen-bond donors (Lipinski definition) is 1. The van der Waals surface area contributed by atoms with Crippen molar-refractivity contribution in [3.8, 4) is 11.3 Å². The minimum absolute atomic E-state index is 0.0778. The van der Waals surface area contributed by atoms with Crippen molar-refractivity contribution >= 4 is 17.2 Å². The van der Waals surface area contributed by atoms with E-state index in [0.717, 1.165) is 43.5 Å². The number of carbonyl (C=O) groups is 1. The molecule has 0 aromatic carbocycles. The van der Waals surface area contributed by atoms with E-state index in [1.54, 1.807) is 11.3 Å². The molecule has 1 aliphatic heterocycles. The first-order valence-electron chi connectivity index (χ1n) is 7.76. The van der Waals surface area contributed by atoms with Crippen molar-refractivity contribution in [2.45, 2.75) is 31.8 Å². The number of fused-ring (bicyclic) bond motifs is 3. The summed E-state index contributed by atoms with van der Waals surface area (Å²) >= 11 is 1.78. The Kier molecular flexibility index (Phi) is 3.50. The molecular weight excluding hydrogens is 298 g/mol. The lowest BCUT2D eigenvalue weighted by Crippen LogP contribution is -2.32. The molecule has 1 saturated heterocycles. The van der Waals surface area contributed by atoms with Crippen LogP contribution in [0.4, 0.5) is 0 Å². The van der Waals surface area contributed by atoms with E-state index in [-0.39, 0.29) is 12.0 Å². The Hall–Kier alpha value is -1.66. The molecule has 6 heteroatoms. The third-order valence-electron chi connectivity index (χ3n) is 4.48. The van der Waals surface area contributed by atoms with E-state index in [9.17, 15) is 4.79 Å². The Morgan fingerprint density at radius 1 is 1.55 bits per heavy atom. The summed E-state index contributed by atoms with van der Waals surface area (Å²) in [6.07, 6.45) is 4.16. The average molecular weight is 317 g/mol. The summed E-state index contributed by atoms with van der Waals surface area (Å²) in [5.74, 6) is -0.0778. The van der Waals surface area contributed by atoms with E-state index in [4.69, 9.17) is 4.74 Å². The van der Waals surface area contributed by atoms with Crippen LogP contribution in [0.2, 0.25) is 0 Å². The van der Waals surface area contributed by atoms with Crippen LogP contribution in [0.1, 0.15) is 33.8 Å². The van der Waals surface area contributed by atoms with E-state index in [1.165, 1.54) is 10.4 Å². The molecule has 0 unspecified atom stereocenters. The molecule has 1 atom stereocenters. The fourth-order valence-electron chi connectivity index (χ4n) is 3.40. The molecule has 1 amide bonds. The molecule has 1 fully saturated rings. The highest BCUT2D eigenvalue weighted by Gasteiger charge is 2.28. The molecule has 116 valence electrons. The van der Waals surface area contributed by atoms with Gasteiger partial charge >= 0.3 is 0 Å². The molecule has 5 nitrogen and oxygen atoms in total. The van der Waals surface area contributed by atoms with Gasteiger partial charge in [-0.15, -0.1) is 11.3 Å². The zero-order valence-electron chi connectivity index (χ0n) is 12.6. The number of aromatic nitrogens is 2. The Morgan fingerprint density at radius 3 is 3.27 bits per heavy atom. The summed E-state index contributed by atoms with van der Waals surface area (Å²) < 4.78 is 7.40. The Morgan fingerprint density at radius 2 is 2.45 bits per heavy atom. The number of thiophene rings is 1. The van der Waals surface area contributed by atoms with Gasteiger partial charge in [0.05, 0.1) is 11.8 Å². The van der Waals surface area contributed by atoms with Crippen molar-refractivity contribution in [3.63, 3.8) is 0 Å². The lowest BCUT2D eigenvalue weighted by atomic mass is 9.94. The van der Waals surface area contributed by atoms with Crippen LogP contribution in [-0.2, 0) is 24.6 Å². The summed E-state index contributed by atoms with van der Waals surface area (Å²) in [7, 11) is 1.92. The minimum atomic E-state index is -0.0778. The lowest BCUT2D eigenvalue weighted by molar-refractivity contribution is 0.0852. The minimum Gasteiger partial charge on any atom is -0.376 e. The monoisotopic (exact) mass is 317 g/mol. The summed E-state index contributed by atoms with van der Waals surface area (Å²) in [6, 6.07) is 2.13. The van der Waals surface area contributed by atoms with Gasteiger partial charge in [0.1, 0.15) is 0 Å². The van der Waals surface area contributed by atoms with Gasteiger partial charge in [-0.1, -0.05) is 0 Å². The lowest BCUT2D eigenvalue weighted by Gasteiger charge is -2.14. The SMILES string of the molecule is Cn1nc(C(=O)NC[C@H]2CCCO2)c2c1-c1ccsc1CC2.